The Labute approximate surface area is 107 Å². The number of nitriles is 1. The van der Waals surface area contributed by atoms with Gasteiger partial charge in [0.25, 0.3) is 0 Å². The zero-order valence-corrected chi connectivity index (χ0v) is 10.3. The molecule has 0 saturated carbocycles. The molecule has 18 heavy (non-hydrogen) atoms. The molecule has 1 atom stereocenters. The van der Waals surface area contributed by atoms with Crippen molar-refractivity contribution in [2.75, 3.05) is 0 Å². The van der Waals surface area contributed by atoms with E-state index in [-0.39, 0.29) is 6.42 Å². The minimum atomic E-state index is -1.23. The molecule has 0 bridgehead atoms. The van der Waals surface area contributed by atoms with Crippen LogP contribution in [0, 0.1) is 18.3 Å². The number of rotatable bonds is 3. The van der Waals surface area contributed by atoms with Crippen molar-refractivity contribution < 1.29 is 5.11 Å². The van der Waals surface area contributed by atoms with Gasteiger partial charge in [0.1, 0.15) is 5.60 Å². The molecule has 0 saturated heterocycles. The second kappa shape index (κ2) is 5.03. The van der Waals surface area contributed by atoms with Crippen molar-refractivity contribution in [3.05, 3.63) is 71.3 Å². The molecule has 90 valence electrons. The Bertz CT molecular complexity index is 554. The summed E-state index contributed by atoms with van der Waals surface area (Å²) in [7, 11) is 0. The molecular weight excluding hydrogens is 222 g/mol. The molecule has 0 aromatic heterocycles. The van der Waals surface area contributed by atoms with Crippen LogP contribution in [0.15, 0.2) is 54.6 Å². The summed E-state index contributed by atoms with van der Waals surface area (Å²) < 4.78 is 0. The van der Waals surface area contributed by atoms with Crippen LogP contribution in [0.5, 0.6) is 0 Å². The van der Waals surface area contributed by atoms with Crippen molar-refractivity contribution >= 4 is 0 Å². The Balaban J connectivity index is 2.51. The summed E-state index contributed by atoms with van der Waals surface area (Å²) in [6.45, 7) is 2.00. The zero-order chi connectivity index (χ0) is 13.0. The van der Waals surface area contributed by atoms with Crippen LogP contribution < -0.4 is 0 Å². The summed E-state index contributed by atoms with van der Waals surface area (Å²) in [6, 6.07) is 19.0. The molecule has 2 heteroatoms. The number of aryl methyl sites for hydroxylation is 1. The highest BCUT2D eigenvalue weighted by Crippen LogP contribution is 2.32. The molecule has 2 nitrogen and oxygen atoms in total. The summed E-state index contributed by atoms with van der Waals surface area (Å²) in [4.78, 5) is 0. The maximum atomic E-state index is 10.8. The van der Waals surface area contributed by atoms with E-state index in [0.717, 1.165) is 16.7 Å². The first kappa shape index (κ1) is 12.3. The van der Waals surface area contributed by atoms with Gasteiger partial charge >= 0.3 is 0 Å². The smallest absolute Gasteiger partial charge is 0.128 e. The Morgan fingerprint density at radius 1 is 1.00 bits per heavy atom. The maximum Gasteiger partial charge on any atom is 0.128 e. The number of aliphatic hydroxyl groups is 1. The van der Waals surface area contributed by atoms with Crippen molar-refractivity contribution in [2.45, 2.75) is 18.9 Å². The minimum absolute atomic E-state index is 0.0417. The predicted octanol–water partition coefficient (Wildman–Crippen LogP) is 3.14. The van der Waals surface area contributed by atoms with E-state index in [1.54, 1.807) is 0 Å². The van der Waals surface area contributed by atoms with Crippen LogP contribution in [0.3, 0.4) is 0 Å². The van der Waals surface area contributed by atoms with Crippen molar-refractivity contribution in [3.63, 3.8) is 0 Å². The predicted molar refractivity (Wildman–Crippen MR) is 70.8 cm³/mol. The number of hydrogen-bond acceptors (Lipinski definition) is 2. The van der Waals surface area contributed by atoms with Crippen molar-refractivity contribution in [3.8, 4) is 6.07 Å². The van der Waals surface area contributed by atoms with Gasteiger partial charge in [0.05, 0.1) is 12.5 Å². The first-order chi connectivity index (χ1) is 8.66. The van der Waals surface area contributed by atoms with E-state index in [0.29, 0.717) is 0 Å². The van der Waals surface area contributed by atoms with Crippen LogP contribution in [-0.2, 0) is 5.60 Å². The fraction of sp³-hybridized carbons (Fsp3) is 0.188. The van der Waals surface area contributed by atoms with Gasteiger partial charge in [-0.25, -0.2) is 0 Å². The normalized spacial score (nSPS) is 13.6. The topological polar surface area (TPSA) is 44.0 Å². The molecular formula is C16H15NO. The van der Waals surface area contributed by atoms with Gasteiger partial charge in [-0.15, -0.1) is 0 Å². The fourth-order valence-electron chi connectivity index (χ4n) is 2.03. The van der Waals surface area contributed by atoms with Gasteiger partial charge in [0.15, 0.2) is 0 Å². The Hall–Kier alpha value is -2.11. The lowest BCUT2D eigenvalue weighted by molar-refractivity contribution is 0.0860. The number of hydrogen-bond donors (Lipinski definition) is 1. The van der Waals surface area contributed by atoms with Gasteiger partial charge in [0.2, 0.25) is 0 Å². The van der Waals surface area contributed by atoms with E-state index in [4.69, 9.17) is 5.26 Å². The number of nitrogens with zero attached hydrogens (tertiary/aromatic N) is 1. The largest absolute Gasteiger partial charge is 0.379 e. The number of benzene rings is 2. The molecule has 0 aliphatic rings. The van der Waals surface area contributed by atoms with E-state index < -0.39 is 5.60 Å². The third kappa shape index (κ3) is 2.27. The average Bonchev–Trinajstić information content (AvgIpc) is 2.40. The van der Waals surface area contributed by atoms with Crippen LogP contribution in [0.2, 0.25) is 0 Å². The molecule has 0 spiro atoms. The van der Waals surface area contributed by atoms with Crippen LogP contribution in [0.4, 0.5) is 0 Å². The monoisotopic (exact) mass is 237 g/mol. The fourth-order valence-corrected chi connectivity index (χ4v) is 2.03. The lowest BCUT2D eigenvalue weighted by Gasteiger charge is -2.26. The molecule has 2 aromatic rings. The highest BCUT2D eigenvalue weighted by Gasteiger charge is 2.31. The highest BCUT2D eigenvalue weighted by molar-refractivity contribution is 5.38. The Kier molecular flexibility index (Phi) is 3.45. The molecule has 2 aromatic carbocycles. The second-order valence-electron chi connectivity index (χ2n) is 4.43. The van der Waals surface area contributed by atoms with Crippen molar-refractivity contribution in [1.82, 2.24) is 0 Å². The van der Waals surface area contributed by atoms with E-state index in [2.05, 4.69) is 6.07 Å². The van der Waals surface area contributed by atoms with Gasteiger partial charge in [-0.1, -0.05) is 60.2 Å². The van der Waals surface area contributed by atoms with E-state index in [9.17, 15) is 5.11 Å². The third-order valence-electron chi connectivity index (χ3n) is 3.12. The van der Waals surface area contributed by atoms with Crippen LogP contribution >= 0.6 is 0 Å². The standard InChI is InChI=1S/C16H15NO/c1-13-7-9-15(10-8-13)16(18,11-12-17)14-5-3-2-4-6-14/h2-10,18H,11H2,1H3/t16-/m1/s1. The average molecular weight is 237 g/mol. The summed E-state index contributed by atoms with van der Waals surface area (Å²) in [5.74, 6) is 0. The maximum absolute atomic E-state index is 10.8. The van der Waals surface area contributed by atoms with Crippen LogP contribution in [0.25, 0.3) is 0 Å². The molecule has 0 heterocycles. The van der Waals surface area contributed by atoms with Gasteiger partial charge < -0.3 is 5.11 Å². The summed E-state index contributed by atoms with van der Waals surface area (Å²) in [6.07, 6.45) is 0.0417. The summed E-state index contributed by atoms with van der Waals surface area (Å²) in [5.41, 5.74) is 1.39. The van der Waals surface area contributed by atoms with Gasteiger partial charge in [-0.2, -0.15) is 5.26 Å². The molecule has 2 rings (SSSR count). The van der Waals surface area contributed by atoms with Gasteiger partial charge in [0, 0.05) is 0 Å². The Morgan fingerprint density at radius 3 is 2.11 bits per heavy atom. The van der Waals surface area contributed by atoms with E-state index >= 15 is 0 Å². The SMILES string of the molecule is Cc1ccc([C@@](O)(CC#N)c2ccccc2)cc1. The van der Waals surface area contributed by atoms with Gasteiger partial charge in [-0.3, -0.25) is 0 Å². The van der Waals surface area contributed by atoms with Crippen molar-refractivity contribution in [1.29, 1.82) is 5.26 Å². The van der Waals surface area contributed by atoms with E-state index in [1.165, 1.54) is 0 Å². The summed E-state index contributed by atoms with van der Waals surface area (Å²) in [5, 5.41) is 19.8. The third-order valence-corrected chi connectivity index (χ3v) is 3.12. The molecule has 0 aliphatic carbocycles. The quantitative estimate of drug-likeness (QED) is 0.891. The second-order valence-corrected chi connectivity index (χ2v) is 4.43. The first-order valence-corrected chi connectivity index (χ1v) is 5.89. The first-order valence-electron chi connectivity index (χ1n) is 5.89. The summed E-state index contributed by atoms with van der Waals surface area (Å²) >= 11 is 0. The Morgan fingerprint density at radius 2 is 1.56 bits per heavy atom. The lowest BCUT2D eigenvalue weighted by Crippen LogP contribution is -2.26. The van der Waals surface area contributed by atoms with E-state index in [1.807, 2.05) is 61.5 Å². The molecule has 0 unspecified atom stereocenters. The van der Waals surface area contributed by atoms with Crippen LogP contribution in [0.1, 0.15) is 23.1 Å². The van der Waals surface area contributed by atoms with Crippen LogP contribution in [-0.4, -0.2) is 5.11 Å². The molecule has 0 fully saturated rings. The molecule has 1 N–H and O–H groups in total. The van der Waals surface area contributed by atoms with Crippen molar-refractivity contribution in [2.24, 2.45) is 0 Å². The lowest BCUT2D eigenvalue weighted by atomic mass is 9.84. The van der Waals surface area contributed by atoms with Gasteiger partial charge in [-0.05, 0) is 18.1 Å². The highest BCUT2D eigenvalue weighted by atomic mass is 16.3. The zero-order valence-electron chi connectivity index (χ0n) is 10.3. The molecule has 0 amide bonds. The molecule has 0 radical (unpaired) electrons. The minimum Gasteiger partial charge on any atom is -0.379 e. The molecule has 0 aliphatic heterocycles.